The quantitative estimate of drug-likeness (QED) is 0.822. The summed E-state index contributed by atoms with van der Waals surface area (Å²) < 4.78 is 5.21. The van der Waals surface area contributed by atoms with Crippen molar-refractivity contribution in [2.45, 2.75) is 26.2 Å². The molecule has 0 spiro atoms. The smallest absolute Gasteiger partial charge is 0.313 e. The van der Waals surface area contributed by atoms with Gasteiger partial charge in [-0.2, -0.15) is 0 Å². The number of hydrogen-bond acceptors (Lipinski definition) is 3. The van der Waals surface area contributed by atoms with Gasteiger partial charge in [-0.25, -0.2) is 0 Å². The van der Waals surface area contributed by atoms with Crippen molar-refractivity contribution < 1.29 is 19.7 Å². The van der Waals surface area contributed by atoms with Gasteiger partial charge in [0.05, 0.1) is 12.0 Å². The molecule has 0 aliphatic carbocycles. The molecule has 0 aromatic heterocycles. The summed E-state index contributed by atoms with van der Waals surface area (Å²) in [5.74, 6) is -0.582. The van der Waals surface area contributed by atoms with Crippen LogP contribution in [-0.2, 0) is 10.2 Å². The zero-order chi connectivity index (χ0) is 12.3. The van der Waals surface area contributed by atoms with E-state index in [4.69, 9.17) is 9.84 Å². The Morgan fingerprint density at radius 3 is 2.56 bits per heavy atom. The van der Waals surface area contributed by atoms with Crippen LogP contribution in [0.2, 0.25) is 0 Å². The van der Waals surface area contributed by atoms with Crippen molar-refractivity contribution in [3.05, 3.63) is 23.8 Å². The van der Waals surface area contributed by atoms with Crippen LogP contribution in [0.1, 0.15) is 26.3 Å². The van der Waals surface area contributed by atoms with Gasteiger partial charge in [0.2, 0.25) is 0 Å². The van der Waals surface area contributed by atoms with Gasteiger partial charge in [-0.3, -0.25) is 4.79 Å². The summed E-state index contributed by atoms with van der Waals surface area (Å²) in [6.45, 7) is 5.44. The number of hydrogen-bond donors (Lipinski definition) is 2. The van der Waals surface area contributed by atoms with Crippen LogP contribution in [0.4, 0.5) is 0 Å². The maximum Gasteiger partial charge on any atom is 0.313 e. The van der Waals surface area contributed by atoms with Gasteiger partial charge in [0.25, 0.3) is 0 Å². The van der Waals surface area contributed by atoms with Gasteiger partial charge in [0.15, 0.2) is 11.5 Å². The standard InChI is InChI=1S/C12H16O4/c1-4-16-10-7-8(5-6-9(10)13)12(2,3)11(14)15/h5-7,13H,4H2,1-3H3,(H,14,15). The lowest BCUT2D eigenvalue weighted by Gasteiger charge is -2.20. The minimum absolute atomic E-state index is 0.0202. The Morgan fingerprint density at radius 2 is 2.06 bits per heavy atom. The molecule has 1 rings (SSSR count). The van der Waals surface area contributed by atoms with Crippen molar-refractivity contribution in [1.29, 1.82) is 0 Å². The molecule has 0 saturated heterocycles. The van der Waals surface area contributed by atoms with Crippen LogP contribution < -0.4 is 4.74 Å². The second kappa shape index (κ2) is 4.43. The summed E-state index contributed by atoms with van der Waals surface area (Å²) in [6.07, 6.45) is 0. The van der Waals surface area contributed by atoms with Crippen molar-refractivity contribution in [2.24, 2.45) is 0 Å². The highest BCUT2D eigenvalue weighted by molar-refractivity contribution is 5.80. The van der Waals surface area contributed by atoms with Crippen molar-refractivity contribution in [1.82, 2.24) is 0 Å². The van der Waals surface area contributed by atoms with Gasteiger partial charge in [-0.15, -0.1) is 0 Å². The van der Waals surface area contributed by atoms with E-state index in [9.17, 15) is 9.90 Å². The molecular formula is C12H16O4. The molecule has 0 amide bonds. The average molecular weight is 224 g/mol. The molecule has 0 bridgehead atoms. The van der Waals surface area contributed by atoms with E-state index in [0.29, 0.717) is 17.9 Å². The number of aromatic hydroxyl groups is 1. The first-order chi connectivity index (χ1) is 7.39. The lowest BCUT2D eigenvalue weighted by Crippen LogP contribution is -2.28. The molecule has 1 aromatic carbocycles. The van der Waals surface area contributed by atoms with Gasteiger partial charge in [0, 0.05) is 0 Å². The van der Waals surface area contributed by atoms with Gasteiger partial charge in [-0.05, 0) is 38.5 Å². The Balaban J connectivity index is 3.17. The van der Waals surface area contributed by atoms with E-state index in [1.165, 1.54) is 6.07 Å². The molecule has 2 N–H and O–H groups in total. The number of carboxylic acid groups (broad SMARTS) is 1. The zero-order valence-corrected chi connectivity index (χ0v) is 9.65. The van der Waals surface area contributed by atoms with Gasteiger partial charge < -0.3 is 14.9 Å². The van der Waals surface area contributed by atoms with Gasteiger partial charge in [0.1, 0.15) is 0 Å². The van der Waals surface area contributed by atoms with E-state index >= 15 is 0 Å². The lowest BCUT2D eigenvalue weighted by atomic mass is 9.85. The number of carbonyl (C=O) groups is 1. The molecule has 88 valence electrons. The first-order valence-corrected chi connectivity index (χ1v) is 5.09. The molecule has 0 aliphatic heterocycles. The highest BCUT2D eigenvalue weighted by atomic mass is 16.5. The van der Waals surface area contributed by atoms with Crippen LogP contribution in [0.25, 0.3) is 0 Å². The number of benzene rings is 1. The van der Waals surface area contributed by atoms with Crippen LogP contribution in [0.3, 0.4) is 0 Å². The molecule has 0 radical (unpaired) electrons. The fourth-order valence-electron chi connectivity index (χ4n) is 1.30. The largest absolute Gasteiger partial charge is 0.504 e. The highest BCUT2D eigenvalue weighted by Gasteiger charge is 2.30. The van der Waals surface area contributed by atoms with Crippen LogP contribution in [0.15, 0.2) is 18.2 Å². The Kier molecular flexibility index (Phi) is 3.42. The monoisotopic (exact) mass is 224 g/mol. The number of rotatable bonds is 4. The lowest BCUT2D eigenvalue weighted by molar-refractivity contribution is -0.142. The fraction of sp³-hybridized carbons (Fsp3) is 0.417. The predicted molar refractivity (Wildman–Crippen MR) is 59.9 cm³/mol. The summed E-state index contributed by atoms with van der Waals surface area (Å²) in [6, 6.07) is 4.60. The first kappa shape index (κ1) is 12.4. The number of ether oxygens (including phenoxy) is 1. The van der Waals surface area contributed by atoms with E-state index in [0.717, 1.165) is 0 Å². The van der Waals surface area contributed by atoms with Gasteiger partial charge >= 0.3 is 5.97 Å². The van der Waals surface area contributed by atoms with Crippen molar-refractivity contribution >= 4 is 5.97 Å². The van der Waals surface area contributed by atoms with Crippen molar-refractivity contribution in [3.63, 3.8) is 0 Å². The van der Waals surface area contributed by atoms with Crippen LogP contribution in [0.5, 0.6) is 11.5 Å². The minimum atomic E-state index is -1.00. The van der Waals surface area contributed by atoms with E-state index in [1.54, 1.807) is 32.9 Å². The highest BCUT2D eigenvalue weighted by Crippen LogP contribution is 2.32. The summed E-state index contributed by atoms with van der Waals surface area (Å²) in [5, 5.41) is 18.6. The van der Waals surface area contributed by atoms with Crippen LogP contribution >= 0.6 is 0 Å². The number of phenols is 1. The molecule has 0 aliphatic rings. The molecule has 0 saturated carbocycles. The van der Waals surface area contributed by atoms with Crippen LogP contribution in [-0.4, -0.2) is 22.8 Å². The van der Waals surface area contributed by atoms with Crippen molar-refractivity contribution in [3.8, 4) is 11.5 Å². The van der Waals surface area contributed by atoms with E-state index < -0.39 is 11.4 Å². The molecule has 0 heterocycles. The van der Waals surface area contributed by atoms with Crippen LogP contribution in [0, 0.1) is 0 Å². The zero-order valence-electron chi connectivity index (χ0n) is 9.65. The molecule has 0 atom stereocenters. The summed E-state index contributed by atoms with van der Waals surface area (Å²) in [4.78, 5) is 11.1. The summed E-state index contributed by atoms with van der Waals surface area (Å²) in [5.41, 5.74) is -0.402. The Hall–Kier alpha value is -1.71. The van der Waals surface area contributed by atoms with E-state index in [2.05, 4.69) is 0 Å². The molecule has 4 heteroatoms. The molecule has 16 heavy (non-hydrogen) atoms. The molecule has 4 nitrogen and oxygen atoms in total. The molecule has 0 fully saturated rings. The number of aliphatic carboxylic acids is 1. The minimum Gasteiger partial charge on any atom is -0.504 e. The maximum absolute atomic E-state index is 11.1. The summed E-state index contributed by atoms with van der Waals surface area (Å²) in [7, 11) is 0. The molecular weight excluding hydrogens is 208 g/mol. The third-order valence-corrected chi connectivity index (χ3v) is 2.52. The van der Waals surface area contributed by atoms with E-state index in [-0.39, 0.29) is 5.75 Å². The number of carboxylic acids is 1. The second-order valence-corrected chi connectivity index (χ2v) is 4.05. The summed E-state index contributed by atoms with van der Waals surface area (Å²) >= 11 is 0. The second-order valence-electron chi connectivity index (χ2n) is 4.05. The normalized spacial score (nSPS) is 11.2. The fourth-order valence-corrected chi connectivity index (χ4v) is 1.30. The third kappa shape index (κ3) is 2.27. The number of phenolic OH excluding ortho intramolecular Hbond substituents is 1. The molecule has 1 aromatic rings. The topological polar surface area (TPSA) is 66.8 Å². The first-order valence-electron chi connectivity index (χ1n) is 5.09. The van der Waals surface area contributed by atoms with Gasteiger partial charge in [-0.1, -0.05) is 6.07 Å². The SMILES string of the molecule is CCOc1cc(C(C)(C)C(=O)O)ccc1O. The predicted octanol–water partition coefficient (Wildman–Crippen LogP) is 2.15. The third-order valence-electron chi connectivity index (χ3n) is 2.52. The molecule has 0 unspecified atom stereocenters. The van der Waals surface area contributed by atoms with E-state index in [1.807, 2.05) is 0 Å². The Labute approximate surface area is 94.5 Å². The van der Waals surface area contributed by atoms with Crippen molar-refractivity contribution in [2.75, 3.05) is 6.61 Å². The Morgan fingerprint density at radius 1 is 1.44 bits per heavy atom. The maximum atomic E-state index is 11.1. The Bertz CT molecular complexity index is 396. The average Bonchev–Trinajstić information content (AvgIpc) is 2.21.